The molecule has 0 saturated carbocycles. The standard InChI is InChI=1S/C13H19N3O/c1-4-17-12-6-5-11(9-16-12)15-8-7-13(2,3)10-14/h5-6,9,15H,4,7-8H2,1-3H3. The first-order valence-electron chi connectivity index (χ1n) is 5.81. The van der Waals surface area contributed by atoms with Crippen LogP contribution in [0.25, 0.3) is 0 Å². The van der Waals surface area contributed by atoms with Gasteiger partial charge in [0.05, 0.1) is 30.0 Å². The summed E-state index contributed by atoms with van der Waals surface area (Å²) in [5, 5.41) is 12.1. The van der Waals surface area contributed by atoms with E-state index in [1.165, 1.54) is 0 Å². The Labute approximate surface area is 103 Å². The molecule has 0 aromatic carbocycles. The number of hydrogen-bond acceptors (Lipinski definition) is 4. The van der Waals surface area contributed by atoms with E-state index in [4.69, 9.17) is 10.00 Å². The molecule has 0 radical (unpaired) electrons. The molecule has 0 fully saturated rings. The van der Waals surface area contributed by atoms with Crippen LogP contribution in [0.4, 0.5) is 5.69 Å². The first-order valence-corrected chi connectivity index (χ1v) is 5.81. The second kappa shape index (κ2) is 6.09. The predicted octanol–water partition coefficient (Wildman–Crippen LogP) is 2.83. The molecule has 4 nitrogen and oxygen atoms in total. The lowest BCUT2D eigenvalue weighted by atomic mass is 9.91. The van der Waals surface area contributed by atoms with E-state index < -0.39 is 0 Å². The second-order valence-electron chi connectivity index (χ2n) is 4.49. The monoisotopic (exact) mass is 233 g/mol. The lowest BCUT2D eigenvalue weighted by molar-refractivity contribution is 0.327. The van der Waals surface area contributed by atoms with Crippen LogP contribution in [0.3, 0.4) is 0 Å². The number of nitrogens with zero attached hydrogens (tertiary/aromatic N) is 2. The van der Waals surface area contributed by atoms with Crippen LogP contribution in [0.15, 0.2) is 18.3 Å². The zero-order chi connectivity index (χ0) is 12.7. The predicted molar refractivity (Wildman–Crippen MR) is 67.9 cm³/mol. The molecular weight excluding hydrogens is 214 g/mol. The number of pyridine rings is 1. The van der Waals surface area contributed by atoms with Gasteiger partial charge in [-0.2, -0.15) is 5.26 Å². The minimum Gasteiger partial charge on any atom is -0.478 e. The van der Waals surface area contributed by atoms with Crippen molar-refractivity contribution in [3.8, 4) is 11.9 Å². The maximum absolute atomic E-state index is 8.88. The third-order valence-electron chi connectivity index (χ3n) is 2.41. The number of nitriles is 1. The molecule has 0 aliphatic carbocycles. The van der Waals surface area contributed by atoms with Gasteiger partial charge in [-0.15, -0.1) is 0 Å². The molecule has 0 bridgehead atoms. The molecule has 0 aliphatic heterocycles. The van der Waals surface area contributed by atoms with Gasteiger partial charge in [0.2, 0.25) is 5.88 Å². The van der Waals surface area contributed by atoms with Gasteiger partial charge in [0, 0.05) is 12.6 Å². The lowest BCUT2D eigenvalue weighted by Crippen LogP contribution is -2.14. The number of hydrogen-bond donors (Lipinski definition) is 1. The summed E-state index contributed by atoms with van der Waals surface area (Å²) in [6.45, 7) is 7.18. The zero-order valence-corrected chi connectivity index (χ0v) is 10.7. The average Bonchev–Trinajstić information content (AvgIpc) is 2.32. The van der Waals surface area contributed by atoms with E-state index in [9.17, 15) is 0 Å². The Morgan fingerprint density at radius 3 is 2.76 bits per heavy atom. The van der Waals surface area contributed by atoms with Gasteiger partial charge in [0.1, 0.15) is 0 Å². The summed E-state index contributed by atoms with van der Waals surface area (Å²) in [5.41, 5.74) is 0.660. The Bertz CT molecular complexity index is 379. The van der Waals surface area contributed by atoms with Gasteiger partial charge in [-0.05, 0) is 33.3 Å². The van der Waals surface area contributed by atoms with Gasteiger partial charge in [0.15, 0.2) is 0 Å². The minimum atomic E-state index is -0.286. The van der Waals surface area contributed by atoms with Crippen LogP contribution >= 0.6 is 0 Å². The summed E-state index contributed by atoms with van der Waals surface area (Å²) >= 11 is 0. The molecule has 0 amide bonds. The molecule has 17 heavy (non-hydrogen) atoms. The molecule has 1 aromatic rings. The summed E-state index contributed by atoms with van der Waals surface area (Å²) in [7, 11) is 0. The Hall–Kier alpha value is -1.76. The fraction of sp³-hybridized carbons (Fsp3) is 0.538. The van der Waals surface area contributed by atoms with E-state index in [1.807, 2.05) is 32.9 Å². The van der Waals surface area contributed by atoms with E-state index in [1.54, 1.807) is 6.20 Å². The SMILES string of the molecule is CCOc1ccc(NCCC(C)(C)C#N)cn1. The molecule has 4 heteroatoms. The van der Waals surface area contributed by atoms with Gasteiger partial charge >= 0.3 is 0 Å². The third-order valence-corrected chi connectivity index (χ3v) is 2.41. The normalized spacial score (nSPS) is 10.7. The number of anilines is 1. The lowest BCUT2D eigenvalue weighted by Gasteiger charge is -2.15. The molecule has 0 spiro atoms. The fourth-order valence-corrected chi connectivity index (χ4v) is 1.29. The van der Waals surface area contributed by atoms with Crippen molar-refractivity contribution >= 4 is 5.69 Å². The number of ether oxygens (including phenoxy) is 1. The topological polar surface area (TPSA) is 57.9 Å². The Morgan fingerprint density at radius 2 is 2.24 bits per heavy atom. The smallest absolute Gasteiger partial charge is 0.213 e. The van der Waals surface area contributed by atoms with Gasteiger partial charge in [-0.25, -0.2) is 4.98 Å². The minimum absolute atomic E-state index is 0.286. The van der Waals surface area contributed by atoms with Crippen LogP contribution in [0.2, 0.25) is 0 Å². The fourth-order valence-electron chi connectivity index (χ4n) is 1.29. The average molecular weight is 233 g/mol. The molecule has 92 valence electrons. The van der Waals surface area contributed by atoms with Crippen molar-refractivity contribution in [2.24, 2.45) is 5.41 Å². The third kappa shape index (κ3) is 4.73. The van der Waals surface area contributed by atoms with Crippen LogP contribution in [-0.2, 0) is 0 Å². The highest BCUT2D eigenvalue weighted by molar-refractivity contribution is 5.41. The zero-order valence-electron chi connectivity index (χ0n) is 10.7. The molecular formula is C13H19N3O. The van der Waals surface area contributed by atoms with E-state index >= 15 is 0 Å². The van der Waals surface area contributed by atoms with Crippen molar-refractivity contribution < 1.29 is 4.74 Å². The van der Waals surface area contributed by atoms with Gasteiger partial charge < -0.3 is 10.1 Å². The first kappa shape index (κ1) is 13.3. The molecule has 0 unspecified atom stereocenters. The van der Waals surface area contributed by atoms with Crippen molar-refractivity contribution in [3.05, 3.63) is 18.3 Å². The Morgan fingerprint density at radius 1 is 1.47 bits per heavy atom. The molecule has 0 atom stereocenters. The summed E-state index contributed by atoms with van der Waals surface area (Å²) in [6.07, 6.45) is 2.54. The van der Waals surface area contributed by atoms with E-state index in [0.717, 1.165) is 18.7 Å². The Balaban J connectivity index is 2.40. The van der Waals surface area contributed by atoms with Gasteiger partial charge in [0.25, 0.3) is 0 Å². The van der Waals surface area contributed by atoms with Crippen molar-refractivity contribution in [1.82, 2.24) is 4.98 Å². The number of rotatable bonds is 6. The van der Waals surface area contributed by atoms with Gasteiger partial charge in [-0.1, -0.05) is 0 Å². The quantitative estimate of drug-likeness (QED) is 0.820. The second-order valence-corrected chi connectivity index (χ2v) is 4.49. The van der Waals surface area contributed by atoms with Crippen molar-refractivity contribution in [2.75, 3.05) is 18.5 Å². The highest BCUT2D eigenvalue weighted by Crippen LogP contribution is 2.19. The Kier molecular flexibility index (Phi) is 4.77. The van der Waals surface area contributed by atoms with E-state index in [-0.39, 0.29) is 5.41 Å². The number of nitrogens with one attached hydrogen (secondary N) is 1. The van der Waals surface area contributed by atoms with Crippen LogP contribution in [-0.4, -0.2) is 18.1 Å². The summed E-state index contributed by atoms with van der Waals surface area (Å²) in [4.78, 5) is 4.15. The molecule has 1 rings (SSSR count). The summed E-state index contributed by atoms with van der Waals surface area (Å²) in [6, 6.07) is 6.04. The maximum Gasteiger partial charge on any atom is 0.213 e. The van der Waals surface area contributed by atoms with Crippen LogP contribution in [0, 0.1) is 16.7 Å². The highest BCUT2D eigenvalue weighted by Gasteiger charge is 2.15. The first-order chi connectivity index (χ1) is 8.07. The largest absolute Gasteiger partial charge is 0.478 e. The highest BCUT2D eigenvalue weighted by atomic mass is 16.5. The molecule has 1 N–H and O–H groups in total. The summed E-state index contributed by atoms with van der Waals surface area (Å²) < 4.78 is 5.26. The van der Waals surface area contributed by atoms with Gasteiger partial charge in [-0.3, -0.25) is 0 Å². The van der Waals surface area contributed by atoms with Crippen molar-refractivity contribution in [3.63, 3.8) is 0 Å². The van der Waals surface area contributed by atoms with Crippen molar-refractivity contribution in [1.29, 1.82) is 5.26 Å². The van der Waals surface area contributed by atoms with Crippen LogP contribution < -0.4 is 10.1 Å². The van der Waals surface area contributed by atoms with E-state index in [2.05, 4.69) is 16.4 Å². The molecule has 0 saturated heterocycles. The molecule has 1 aromatic heterocycles. The number of aromatic nitrogens is 1. The van der Waals surface area contributed by atoms with Crippen LogP contribution in [0.1, 0.15) is 27.2 Å². The molecule has 0 aliphatic rings. The summed E-state index contributed by atoms with van der Waals surface area (Å²) in [5.74, 6) is 0.635. The van der Waals surface area contributed by atoms with E-state index in [0.29, 0.717) is 12.5 Å². The van der Waals surface area contributed by atoms with Crippen molar-refractivity contribution in [2.45, 2.75) is 27.2 Å². The molecule has 1 heterocycles. The maximum atomic E-state index is 8.88. The van der Waals surface area contributed by atoms with Crippen LogP contribution in [0.5, 0.6) is 5.88 Å².